The minimum absolute atomic E-state index is 0.378. The Bertz CT molecular complexity index is 197. The molecule has 0 aromatic heterocycles. The Kier molecular flexibility index (Phi) is 5.47. The quantitative estimate of drug-likeness (QED) is 0.684. The molecule has 2 unspecified atom stereocenters. The lowest BCUT2D eigenvalue weighted by Crippen LogP contribution is -2.36. The molecule has 0 radical (unpaired) electrons. The van der Waals surface area contributed by atoms with Gasteiger partial charge in [0.15, 0.2) is 0 Å². The number of primary amides is 1. The summed E-state index contributed by atoms with van der Waals surface area (Å²) in [7, 11) is 0. The predicted octanol–water partition coefficient (Wildman–Crippen LogP) is 1.64. The smallest absolute Gasteiger partial charge is 0.404 e. The number of carbonyl (C=O) groups is 1. The fourth-order valence-electron chi connectivity index (χ4n) is 2.26. The van der Waals surface area contributed by atoms with Crippen LogP contribution in [0.4, 0.5) is 4.79 Å². The van der Waals surface area contributed by atoms with Crippen LogP contribution in [0.2, 0.25) is 0 Å². The van der Waals surface area contributed by atoms with Crippen molar-refractivity contribution < 1.29 is 9.53 Å². The van der Waals surface area contributed by atoms with Crippen molar-refractivity contribution in [2.75, 3.05) is 13.2 Å². The van der Waals surface area contributed by atoms with Crippen molar-refractivity contribution >= 4 is 6.09 Å². The highest BCUT2D eigenvalue weighted by Crippen LogP contribution is 2.26. The maximum Gasteiger partial charge on any atom is 0.404 e. The number of nitrogens with one attached hydrogen (secondary N) is 1. The molecule has 2 atom stereocenters. The van der Waals surface area contributed by atoms with Gasteiger partial charge in [-0.2, -0.15) is 0 Å². The molecule has 1 amide bonds. The molecule has 15 heavy (non-hydrogen) atoms. The first-order chi connectivity index (χ1) is 7.22. The van der Waals surface area contributed by atoms with Gasteiger partial charge >= 0.3 is 6.09 Å². The van der Waals surface area contributed by atoms with Gasteiger partial charge in [-0.1, -0.05) is 26.2 Å². The third kappa shape index (κ3) is 5.02. The minimum atomic E-state index is -0.688. The van der Waals surface area contributed by atoms with E-state index in [0.717, 1.165) is 5.92 Å². The average molecular weight is 214 g/mol. The van der Waals surface area contributed by atoms with E-state index in [1.807, 2.05) is 0 Å². The Morgan fingerprint density at radius 2 is 2.33 bits per heavy atom. The molecule has 3 N–H and O–H groups in total. The molecule has 0 aliphatic heterocycles. The van der Waals surface area contributed by atoms with Crippen LogP contribution < -0.4 is 11.1 Å². The van der Waals surface area contributed by atoms with Crippen LogP contribution in [0.15, 0.2) is 0 Å². The number of ether oxygens (including phenoxy) is 1. The van der Waals surface area contributed by atoms with Gasteiger partial charge in [0.1, 0.15) is 6.61 Å². The second-order valence-electron chi connectivity index (χ2n) is 4.26. The summed E-state index contributed by atoms with van der Waals surface area (Å²) in [6.07, 6.45) is 5.77. The minimum Gasteiger partial charge on any atom is -0.448 e. The number of carbonyl (C=O) groups excluding carboxylic acids is 1. The van der Waals surface area contributed by atoms with Crippen LogP contribution >= 0.6 is 0 Å². The van der Waals surface area contributed by atoms with E-state index in [1.165, 1.54) is 32.1 Å². The highest BCUT2D eigenvalue weighted by atomic mass is 16.5. The Morgan fingerprint density at radius 3 is 3.00 bits per heavy atom. The molecule has 4 heteroatoms. The second-order valence-corrected chi connectivity index (χ2v) is 4.26. The highest BCUT2D eigenvalue weighted by molar-refractivity contribution is 5.64. The zero-order valence-electron chi connectivity index (χ0n) is 9.50. The molecule has 1 rings (SSSR count). The number of rotatable bonds is 5. The zero-order valence-corrected chi connectivity index (χ0v) is 9.50. The summed E-state index contributed by atoms with van der Waals surface area (Å²) < 4.78 is 4.66. The monoisotopic (exact) mass is 214 g/mol. The molecule has 4 nitrogen and oxygen atoms in total. The molecule has 0 aromatic carbocycles. The van der Waals surface area contributed by atoms with Gasteiger partial charge in [-0.15, -0.1) is 0 Å². The molecule has 0 aromatic rings. The van der Waals surface area contributed by atoms with Gasteiger partial charge in [0, 0.05) is 12.6 Å². The largest absolute Gasteiger partial charge is 0.448 e. The summed E-state index contributed by atoms with van der Waals surface area (Å²) in [4.78, 5) is 10.3. The van der Waals surface area contributed by atoms with Gasteiger partial charge in [-0.05, 0) is 18.8 Å². The first kappa shape index (κ1) is 12.3. The number of nitrogens with two attached hydrogens (primary N) is 1. The maximum atomic E-state index is 10.3. The second kappa shape index (κ2) is 6.67. The predicted molar refractivity (Wildman–Crippen MR) is 59.6 cm³/mol. The Labute approximate surface area is 91.5 Å². The van der Waals surface area contributed by atoms with E-state index >= 15 is 0 Å². The van der Waals surface area contributed by atoms with Gasteiger partial charge in [0.25, 0.3) is 0 Å². The van der Waals surface area contributed by atoms with Crippen molar-refractivity contribution in [3.63, 3.8) is 0 Å². The number of hydrogen-bond donors (Lipinski definition) is 2. The maximum absolute atomic E-state index is 10.3. The molecule has 1 saturated carbocycles. The van der Waals surface area contributed by atoms with Crippen LogP contribution in [0.1, 0.15) is 39.0 Å². The standard InChI is InChI=1S/C11H22N2O2/c1-2-9-4-3-5-10(8-9)13-6-7-15-11(12)14/h9-10,13H,2-8H2,1H3,(H2,12,14). The van der Waals surface area contributed by atoms with Crippen LogP contribution in [-0.2, 0) is 4.74 Å². The first-order valence-corrected chi connectivity index (χ1v) is 5.88. The number of hydrogen-bond acceptors (Lipinski definition) is 3. The van der Waals surface area contributed by atoms with Crippen LogP contribution in [0, 0.1) is 5.92 Å². The van der Waals surface area contributed by atoms with Crippen LogP contribution in [0.25, 0.3) is 0 Å². The summed E-state index contributed by atoms with van der Waals surface area (Å²) in [6, 6.07) is 0.597. The third-order valence-corrected chi connectivity index (χ3v) is 3.14. The van der Waals surface area contributed by atoms with Gasteiger partial charge in [0.2, 0.25) is 0 Å². The molecule has 0 heterocycles. The first-order valence-electron chi connectivity index (χ1n) is 5.88. The molecule has 1 aliphatic rings. The lowest BCUT2D eigenvalue weighted by Gasteiger charge is -2.29. The Morgan fingerprint density at radius 1 is 1.53 bits per heavy atom. The molecular weight excluding hydrogens is 192 g/mol. The highest BCUT2D eigenvalue weighted by Gasteiger charge is 2.19. The molecule has 0 spiro atoms. The topological polar surface area (TPSA) is 64.3 Å². The summed E-state index contributed by atoms with van der Waals surface area (Å²) in [5.74, 6) is 0.869. The van der Waals surface area contributed by atoms with Crippen LogP contribution in [0.5, 0.6) is 0 Å². The Balaban J connectivity index is 2.07. The van der Waals surface area contributed by atoms with E-state index in [4.69, 9.17) is 5.73 Å². The lowest BCUT2D eigenvalue weighted by molar-refractivity contribution is 0.153. The van der Waals surface area contributed by atoms with Crippen molar-refractivity contribution in [1.29, 1.82) is 0 Å². The average Bonchev–Trinajstić information content (AvgIpc) is 2.24. The summed E-state index contributed by atoms with van der Waals surface area (Å²) >= 11 is 0. The van der Waals surface area contributed by atoms with Crippen molar-refractivity contribution in [3.8, 4) is 0 Å². The Hall–Kier alpha value is -0.770. The van der Waals surface area contributed by atoms with Crippen molar-refractivity contribution in [2.24, 2.45) is 11.7 Å². The van der Waals surface area contributed by atoms with Crippen molar-refractivity contribution in [2.45, 2.75) is 45.1 Å². The van der Waals surface area contributed by atoms with E-state index < -0.39 is 6.09 Å². The van der Waals surface area contributed by atoms with Gasteiger partial charge in [0.05, 0.1) is 0 Å². The zero-order chi connectivity index (χ0) is 11.1. The molecule has 0 bridgehead atoms. The van der Waals surface area contributed by atoms with Crippen molar-refractivity contribution in [3.05, 3.63) is 0 Å². The van der Waals surface area contributed by atoms with Gasteiger partial charge < -0.3 is 15.8 Å². The summed E-state index contributed by atoms with van der Waals surface area (Å²) in [5, 5.41) is 3.41. The van der Waals surface area contributed by atoms with E-state index in [1.54, 1.807) is 0 Å². The van der Waals surface area contributed by atoms with E-state index in [2.05, 4.69) is 17.0 Å². The SMILES string of the molecule is CCC1CCCC(NCCOC(N)=O)C1. The summed E-state index contributed by atoms with van der Waals surface area (Å²) in [5.41, 5.74) is 4.87. The van der Waals surface area contributed by atoms with Crippen molar-refractivity contribution in [1.82, 2.24) is 5.32 Å². The molecule has 1 aliphatic carbocycles. The molecule has 88 valence electrons. The van der Waals surface area contributed by atoms with E-state index in [-0.39, 0.29) is 0 Å². The van der Waals surface area contributed by atoms with Crippen LogP contribution in [-0.4, -0.2) is 25.3 Å². The van der Waals surface area contributed by atoms with Gasteiger partial charge in [-0.3, -0.25) is 0 Å². The third-order valence-electron chi connectivity index (χ3n) is 3.14. The normalized spacial score (nSPS) is 26.2. The van der Waals surface area contributed by atoms with E-state index in [0.29, 0.717) is 19.2 Å². The number of amides is 1. The van der Waals surface area contributed by atoms with E-state index in [9.17, 15) is 4.79 Å². The molecular formula is C11H22N2O2. The van der Waals surface area contributed by atoms with Crippen LogP contribution in [0.3, 0.4) is 0 Å². The molecule has 0 saturated heterocycles. The fraction of sp³-hybridized carbons (Fsp3) is 0.909. The molecule has 1 fully saturated rings. The van der Waals surface area contributed by atoms with Gasteiger partial charge in [-0.25, -0.2) is 4.79 Å². The fourth-order valence-corrected chi connectivity index (χ4v) is 2.26. The summed E-state index contributed by atoms with van der Waals surface area (Å²) in [6.45, 7) is 3.34. The lowest BCUT2D eigenvalue weighted by atomic mass is 9.84.